The fraction of sp³-hybridized carbons (Fsp3) is 0.300. The number of carbonyl (C=O) groups excluding carboxylic acids is 2. The van der Waals surface area contributed by atoms with Gasteiger partial charge < -0.3 is 4.74 Å². The van der Waals surface area contributed by atoms with Crippen molar-refractivity contribution in [1.82, 2.24) is 0 Å². The molecule has 0 N–H and O–H groups in total. The van der Waals surface area contributed by atoms with Crippen LogP contribution in [0.2, 0.25) is 0 Å². The number of imide groups is 1. The van der Waals surface area contributed by atoms with Crippen molar-refractivity contribution in [2.24, 2.45) is 0 Å². The highest BCUT2D eigenvalue weighted by atomic mass is 16.5. The summed E-state index contributed by atoms with van der Waals surface area (Å²) in [6.45, 7) is 3.93. The lowest BCUT2D eigenvalue weighted by Crippen LogP contribution is -2.43. The van der Waals surface area contributed by atoms with E-state index in [1.165, 1.54) is 4.90 Å². The van der Waals surface area contributed by atoms with Gasteiger partial charge in [-0.15, -0.1) is 0 Å². The average Bonchev–Trinajstić information content (AvgIpc) is 2.56. The predicted molar refractivity (Wildman–Crippen MR) is 93.4 cm³/mol. The van der Waals surface area contributed by atoms with E-state index in [4.69, 9.17) is 4.74 Å². The maximum Gasteiger partial charge on any atom is 0.234 e. The van der Waals surface area contributed by atoms with E-state index in [1.54, 1.807) is 7.11 Å². The van der Waals surface area contributed by atoms with Crippen LogP contribution in [0.3, 0.4) is 0 Å². The Morgan fingerprint density at radius 1 is 0.958 bits per heavy atom. The molecule has 0 atom stereocenters. The Morgan fingerprint density at radius 2 is 1.58 bits per heavy atom. The van der Waals surface area contributed by atoms with Gasteiger partial charge in [0.05, 0.1) is 12.8 Å². The third-order valence-corrected chi connectivity index (χ3v) is 4.52. The molecule has 2 amide bonds. The first kappa shape index (κ1) is 16.2. The van der Waals surface area contributed by atoms with Crippen molar-refractivity contribution < 1.29 is 14.3 Å². The number of carbonyl (C=O) groups is 2. The van der Waals surface area contributed by atoms with Crippen molar-refractivity contribution in [2.45, 2.75) is 32.6 Å². The molecule has 2 aromatic carbocycles. The number of nitrogens with zero attached hydrogens (tertiary/aromatic N) is 1. The fourth-order valence-corrected chi connectivity index (χ4v) is 3.25. The number of rotatable bonds is 3. The van der Waals surface area contributed by atoms with Crippen LogP contribution in [0.1, 0.15) is 35.4 Å². The van der Waals surface area contributed by atoms with Crippen LogP contribution in [0.25, 0.3) is 0 Å². The Balaban J connectivity index is 1.83. The lowest BCUT2D eigenvalue weighted by molar-refractivity contribution is -0.129. The molecule has 2 aromatic rings. The average molecular weight is 323 g/mol. The second-order valence-electron chi connectivity index (χ2n) is 6.29. The van der Waals surface area contributed by atoms with E-state index in [-0.39, 0.29) is 17.7 Å². The van der Waals surface area contributed by atoms with Crippen molar-refractivity contribution >= 4 is 17.5 Å². The minimum atomic E-state index is -0.140. The maximum absolute atomic E-state index is 12.6. The van der Waals surface area contributed by atoms with E-state index in [2.05, 4.69) is 0 Å². The summed E-state index contributed by atoms with van der Waals surface area (Å²) in [5.41, 5.74) is 3.76. The number of methoxy groups -OCH3 is 1. The molecular formula is C20H21NO3. The minimum absolute atomic E-state index is 0.0714. The van der Waals surface area contributed by atoms with Crippen LogP contribution >= 0.6 is 0 Å². The molecule has 1 fully saturated rings. The van der Waals surface area contributed by atoms with Crippen LogP contribution in [-0.4, -0.2) is 18.9 Å². The molecule has 0 spiro atoms. The Morgan fingerprint density at radius 3 is 2.12 bits per heavy atom. The predicted octanol–water partition coefficient (Wildman–Crippen LogP) is 3.75. The zero-order valence-electron chi connectivity index (χ0n) is 14.2. The van der Waals surface area contributed by atoms with Crippen molar-refractivity contribution in [3.8, 4) is 5.75 Å². The van der Waals surface area contributed by atoms with E-state index in [1.807, 2.05) is 56.3 Å². The molecule has 24 heavy (non-hydrogen) atoms. The van der Waals surface area contributed by atoms with E-state index < -0.39 is 0 Å². The van der Waals surface area contributed by atoms with Gasteiger partial charge in [0.2, 0.25) is 11.8 Å². The van der Waals surface area contributed by atoms with Gasteiger partial charge in [-0.1, -0.05) is 29.8 Å². The Bertz CT molecular complexity index is 762. The van der Waals surface area contributed by atoms with Gasteiger partial charge in [-0.05, 0) is 43.2 Å². The third kappa shape index (κ3) is 3.04. The molecule has 4 nitrogen and oxygen atoms in total. The van der Waals surface area contributed by atoms with Gasteiger partial charge in [0.25, 0.3) is 0 Å². The standard InChI is InChI=1S/C20H21NO3/c1-13-4-9-18(14(2)10-13)21-19(22)11-16(12-20(21)23)15-5-7-17(24-3)8-6-15/h4-10,16H,11-12H2,1-3H3. The van der Waals surface area contributed by atoms with Crippen LogP contribution in [0.5, 0.6) is 5.75 Å². The van der Waals surface area contributed by atoms with Crippen molar-refractivity contribution in [3.63, 3.8) is 0 Å². The molecule has 1 saturated heterocycles. The molecule has 0 radical (unpaired) electrons. The number of benzene rings is 2. The first-order chi connectivity index (χ1) is 11.5. The first-order valence-corrected chi connectivity index (χ1v) is 8.06. The summed E-state index contributed by atoms with van der Waals surface area (Å²) in [6.07, 6.45) is 0.677. The highest BCUT2D eigenvalue weighted by molar-refractivity contribution is 6.17. The number of anilines is 1. The lowest BCUT2D eigenvalue weighted by Gasteiger charge is -2.31. The number of aryl methyl sites for hydroxylation is 2. The smallest absolute Gasteiger partial charge is 0.234 e. The minimum Gasteiger partial charge on any atom is -0.497 e. The Hall–Kier alpha value is -2.62. The molecule has 4 heteroatoms. The van der Waals surface area contributed by atoms with Gasteiger partial charge in [0, 0.05) is 18.8 Å². The molecule has 3 rings (SSSR count). The quantitative estimate of drug-likeness (QED) is 0.808. The highest BCUT2D eigenvalue weighted by Gasteiger charge is 2.34. The molecule has 1 aliphatic rings. The van der Waals surface area contributed by atoms with Gasteiger partial charge in [0.15, 0.2) is 0 Å². The van der Waals surface area contributed by atoms with Gasteiger partial charge in [-0.3, -0.25) is 14.5 Å². The molecule has 0 unspecified atom stereocenters. The number of hydrogen-bond donors (Lipinski definition) is 0. The van der Waals surface area contributed by atoms with Crippen LogP contribution in [0, 0.1) is 13.8 Å². The highest BCUT2D eigenvalue weighted by Crippen LogP contribution is 2.34. The molecule has 0 aromatic heterocycles. The van der Waals surface area contributed by atoms with Crippen molar-refractivity contribution in [3.05, 3.63) is 59.2 Å². The van der Waals surface area contributed by atoms with E-state index in [0.29, 0.717) is 18.5 Å². The van der Waals surface area contributed by atoms with Gasteiger partial charge in [-0.2, -0.15) is 0 Å². The first-order valence-electron chi connectivity index (χ1n) is 8.06. The largest absolute Gasteiger partial charge is 0.497 e. The topological polar surface area (TPSA) is 46.6 Å². The Kier molecular flexibility index (Phi) is 4.38. The van der Waals surface area contributed by atoms with Crippen molar-refractivity contribution in [2.75, 3.05) is 12.0 Å². The normalized spacial score (nSPS) is 15.7. The van der Waals surface area contributed by atoms with E-state index in [9.17, 15) is 9.59 Å². The zero-order valence-corrected chi connectivity index (χ0v) is 14.2. The van der Waals surface area contributed by atoms with Crippen LogP contribution in [0.4, 0.5) is 5.69 Å². The summed E-state index contributed by atoms with van der Waals surface area (Å²) in [7, 11) is 1.62. The second kappa shape index (κ2) is 6.48. The molecular weight excluding hydrogens is 302 g/mol. The summed E-state index contributed by atoms with van der Waals surface area (Å²) in [6, 6.07) is 13.4. The van der Waals surface area contributed by atoms with E-state index >= 15 is 0 Å². The monoisotopic (exact) mass is 323 g/mol. The summed E-state index contributed by atoms with van der Waals surface area (Å²) in [5, 5.41) is 0. The number of ether oxygens (including phenoxy) is 1. The summed E-state index contributed by atoms with van der Waals surface area (Å²) < 4.78 is 5.15. The number of hydrogen-bond acceptors (Lipinski definition) is 3. The van der Waals surface area contributed by atoms with Gasteiger partial charge in [-0.25, -0.2) is 0 Å². The van der Waals surface area contributed by atoms with Crippen LogP contribution in [-0.2, 0) is 9.59 Å². The molecule has 1 aliphatic heterocycles. The fourth-order valence-electron chi connectivity index (χ4n) is 3.25. The van der Waals surface area contributed by atoms with Gasteiger partial charge >= 0.3 is 0 Å². The molecule has 0 bridgehead atoms. The lowest BCUT2D eigenvalue weighted by atomic mass is 9.88. The van der Waals surface area contributed by atoms with Crippen LogP contribution < -0.4 is 9.64 Å². The maximum atomic E-state index is 12.6. The molecule has 0 saturated carbocycles. The number of piperidine rings is 1. The zero-order chi connectivity index (χ0) is 17.3. The molecule has 1 heterocycles. The molecule has 0 aliphatic carbocycles. The van der Waals surface area contributed by atoms with Gasteiger partial charge in [0.1, 0.15) is 5.75 Å². The summed E-state index contributed by atoms with van der Waals surface area (Å²) in [5.74, 6) is 0.417. The Labute approximate surface area is 142 Å². The van der Waals surface area contributed by atoms with E-state index in [0.717, 1.165) is 22.4 Å². The summed E-state index contributed by atoms with van der Waals surface area (Å²) in [4.78, 5) is 26.6. The number of amides is 2. The van der Waals surface area contributed by atoms with Crippen molar-refractivity contribution in [1.29, 1.82) is 0 Å². The summed E-state index contributed by atoms with van der Waals surface area (Å²) >= 11 is 0. The SMILES string of the molecule is COc1ccc(C2CC(=O)N(c3ccc(C)cc3C)C(=O)C2)cc1. The molecule has 124 valence electrons. The second-order valence-corrected chi connectivity index (χ2v) is 6.29. The third-order valence-electron chi connectivity index (χ3n) is 4.52. The van der Waals surface area contributed by atoms with Crippen LogP contribution in [0.15, 0.2) is 42.5 Å².